The van der Waals surface area contributed by atoms with Gasteiger partial charge in [0.15, 0.2) is 0 Å². The highest BCUT2D eigenvalue weighted by atomic mass is 16.2. The number of carbonyl (C=O) groups excluding carboxylic acids is 1. The number of carbonyl (C=O) groups is 1. The maximum atomic E-state index is 12.3. The highest BCUT2D eigenvalue weighted by Gasteiger charge is 2.24. The Kier molecular flexibility index (Phi) is 3.79. The van der Waals surface area contributed by atoms with Crippen LogP contribution >= 0.6 is 0 Å². The summed E-state index contributed by atoms with van der Waals surface area (Å²) in [5, 5.41) is 3.28. The first-order chi connectivity index (χ1) is 8.18. The maximum Gasteiger partial charge on any atom is 0.231 e. The number of nitrogens with one attached hydrogen (secondary N) is 1. The molecule has 2 rings (SSSR count). The summed E-state index contributed by atoms with van der Waals surface area (Å²) in [7, 11) is 1.86. The molecule has 1 atom stereocenters. The van der Waals surface area contributed by atoms with Crippen LogP contribution < -0.4 is 10.2 Å². The second-order valence-electron chi connectivity index (χ2n) is 4.78. The molecule has 1 fully saturated rings. The van der Waals surface area contributed by atoms with Crippen molar-refractivity contribution >= 4 is 11.6 Å². The van der Waals surface area contributed by atoms with Crippen LogP contribution in [0.3, 0.4) is 0 Å². The SMILES string of the molecule is Cc1ccc(N(C)C(=O)[C@H]2CCCNC2)cc1. The van der Waals surface area contributed by atoms with Crippen LogP contribution in [0.25, 0.3) is 0 Å². The molecule has 0 aliphatic carbocycles. The lowest BCUT2D eigenvalue weighted by atomic mass is 9.98. The van der Waals surface area contributed by atoms with E-state index in [1.165, 1.54) is 5.56 Å². The molecule has 1 N–H and O–H groups in total. The second-order valence-corrected chi connectivity index (χ2v) is 4.78. The third kappa shape index (κ3) is 2.86. The number of anilines is 1. The Balaban J connectivity index is 2.05. The van der Waals surface area contributed by atoms with Gasteiger partial charge in [0.1, 0.15) is 0 Å². The van der Waals surface area contributed by atoms with Crippen molar-refractivity contribution in [2.75, 3.05) is 25.0 Å². The van der Waals surface area contributed by atoms with Crippen LogP contribution in [0.1, 0.15) is 18.4 Å². The van der Waals surface area contributed by atoms with Crippen molar-refractivity contribution in [2.45, 2.75) is 19.8 Å². The summed E-state index contributed by atoms with van der Waals surface area (Å²) in [5.41, 5.74) is 2.19. The minimum Gasteiger partial charge on any atom is -0.316 e. The van der Waals surface area contributed by atoms with Crippen molar-refractivity contribution in [3.63, 3.8) is 0 Å². The lowest BCUT2D eigenvalue weighted by Crippen LogP contribution is -2.41. The Bertz CT molecular complexity index is 380. The van der Waals surface area contributed by atoms with Crippen LogP contribution in [0.15, 0.2) is 24.3 Å². The van der Waals surface area contributed by atoms with Gasteiger partial charge in [-0.3, -0.25) is 4.79 Å². The Morgan fingerprint density at radius 3 is 2.65 bits per heavy atom. The zero-order valence-corrected chi connectivity index (χ0v) is 10.6. The van der Waals surface area contributed by atoms with Crippen molar-refractivity contribution in [2.24, 2.45) is 5.92 Å². The van der Waals surface area contributed by atoms with Crippen molar-refractivity contribution in [3.8, 4) is 0 Å². The van der Waals surface area contributed by atoms with Gasteiger partial charge < -0.3 is 10.2 Å². The quantitative estimate of drug-likeness (QED) is 0.845. The van der Waals surface area contributed by atoms with E-state index in [-0.39, 0.29) is 11.8 Å². The third-order valence-corrected chi connectivity index (χ3v) is 3.40. The monoisotopic (exact) mass is 232 g/mol. The summed E-state index contributed by atoms with van der Waals surface area (Å²) >= 11 is 0. The summed E-state index contributed by atoms with van der Waals surface area (Å²) in [4.78, 5) is 14.0. The Hall–Kier alpha value is -1.35. The molecule has 1 aliphatic rings. The lowest BCUT2D eigenvalue weighted by molar-refractivity contribution is -0.122. The van der Waals surface area contributed by atoms with Gasteiger partial charge in [0.25, 0.3) is 0 Å². The Morgan fingerprint density at radius 2 is 2.06 bits per heavy atom. The van der Waals surface area contributed by atoms with Gasteiger partial charge in [0.2, 0.25) is 5.91 Å². The number of amides is 1. The van der Waals surface area contributed by atoms with Crippen molar-refractivity contribution < 1.29 is 4.79 Å². The van der Waals surface area contributed by atoms with E-state index in [9.17, 15) is 4.79 Å². The lowest BCUT2D eigenvalue weighted by Gasteiger charge is -2.27. The highest BCUT2D eigenvalue weighted by Crippen LogP contribution is 2.19. The van der Waals surface area contributed by atoms with Gasteiger partial charge in [0.05, 0.1) is 5.92 Å². The summed E-state index contributed by atoms with van der Waals surface area (Å²) in [5.74, 6) is 0.358. The van der Waals surface area contributed by atoms with Crippen LogP contribution in [-0.4, -0.2) is 26.0 Å². The average Bonchev–Trinajstić information content (AvgIpc) is 2.39. The molecule has 0 aromatic heterocycles. The molecule has 17 heavy (non-hydrogen) atoms. The van der Waals surface area contributed by atoms with E-state index < -0.39 is 0 Å². The van der Waals surface area contributed by atoms with Crippen molar-refractivity contribution in [3.05, 3.63) is 29.8 Å². The van der Waals surface area contributed by atoms with Crippen molar-refractivity contribution in [1.29, 1.82) is 0 Å². The Labute approximate surface area is 103 Å². The van der Waals surface area contributed by atoms with Gasteiger partial charge in [-0.25, -0.2) is 0 Å². The first-order valence-corrected chi connectivity index (χ1v) is 6.23. The Morgan fingerprint density at radius 1 is 1.35 bits per heavy atom. The molecule has 0 radical (unpaired) electrons. The van der Waals surface area contributed by atoms with Crippen molar-refractivity contribution in [1.82, 2.24) is 5.32 Å². The van der Waals surface area contributed by atoms with E-state index >= 15 is 0 Å². The first kappa shape index (κ1) is 12.1. The number of rotatable bonds is 2. The molecule has 0 unspecified atom stereocenters. The predicted octanol–water partition coefficient (Wildman–Crippen LogP) is 1.96. The van der Waals surface area contributed by atoms with Gasteiger partial charge in [-0.2, -0.15) is 0 Å². The fraction of sp³-hybridized carbons (Fsp3) is 0.500. The molecule has 1 saturated heterocycles. The number of nitrogens with zero attached hydrogens (tertiary/aromatic N) is 1. The molecule has 1 aromatic carbocycles. The number of hydrogen-bond donors (Lipinski definition) is 1. The largest absolute Gasteiger partial charge is 0.316 e. The van der Waals surface area contributed by atoms with E-state index in [4.69, 9.17) is 0 Å². The minimum absolute atomic E-state index is 0.134. The van der Waals surface area contributed by atoms with Crippen LogP contribution in [0, 0.1) is 12.8 Å². The first-order valence-electron chi connectivity index (χ1n) is 6.23. The number of aryl methyl sites for hydroxylation is 1. The summed E-state index contributed by atoms with van der Waals surface area (Å²) in [6.07, 6.45) is 2.10. The fourth-order valence-electron chi connectivity index (χ4n) is 2.23. The van der Waals surface area contributed by atoms with Gasteiger partial charge >= 0.3 is 0 Å². The molecular weight excluding hydrogens is 212 g/mol. The normalized spacial score (nSPS) is 20.0. The molecule has 1 aromatic rings. The van der Waals surface area contributed by atoms with E-state index in [0.717, 1.165) is 31.6 Å². The van der Waals surface area contributed by atoms with Crippen LogP contribution in [0.2, 0.25) is 0 Å². The average molecular weight is 232 g/mol. The summed E-state index contributed by atoms with van der Waals surface area (Å²) in [6.45, 7) is 3.91. The van der Waals surface area contributed by atoms with Crippen LogP contribution in [0.5, 0.6) is 0 Å². The number of hydrogen-bond acceptors (Lipinski definition) is 2. The molecule has 92 valence electrons. The third-order valence-electron chi connectivity index (χ3n) is 3.40. The van der Waals surface area contributed by atoms with Gasteiger partial charge in [0, 0.05) is 19.3 Å². The fourth-order valence-corrected chi connectivity index (χ4v) is 2.23. The molecular formula is C14H20N2O. The van der Waals surface area contributed by atoms with Gasteiger partial charge in [-0.05, 0) is 38.4 Å². The van der Waals surface area contributed by atoms with E-state index in [0.29, 0.717) is 0 Å². The standard InChI is InChI=1S/C14H20N2O/c1-11-5-7-13(8-6-11)16(2)14(17)12-4-3-9-15-10-12/h5-8,12,15H,3-4,9-10H2,1-2H3/t12-/m0/s1. The minimum atomic E-state index is 0.134. The zero-order chi connectivity index (χ0) is 12.3. The molecule has 0 bridgehead atoms. The molecule has 3 nitrogen and oxygen atoms in total. The summed E-state index contributed by atoms with van der Waals surface area (Å²) < 4.78 is 0. The van der Waals surface area contributed by atoms with E-state index in [2.05, 4.69) is 12.2 Å². The molecule has 0 spiro atoms. The van der Waals surface area contributed by atoms with Gasteiger partial charge in [-0.15, -0.1) is 0 Å². The van der Waals surface area contributed by atoms with Gasteiger partial charge in [-0.1, -0.05) is 17.7 Å². The summed E-state index contributed by atoms with van der Waals surface area (Å²) in [6, 6.07) is 8.09. The highest BCUT2D eigenvalue weighted by molar-refractivity contribution is 5.94. The second kappa shape index (κ2) is 5.32. The number of piperidine rings is 1. The molecule has 3 heteroatoms. The zero-order valence-electron chi connectivity index (χ0n) is 10.6. The number of benzene rings is 1. The topological polar surface area (TPSA) is 32.3 Å². The van der Waals surface area contributed by atoms with Crippen LogP contribution in [-0.2, 0) is 4.79 Å². The van der Waals surface area contributed by atoms with E-state index in [1.807, 2.05) is 31.3 Å². The maximum absolute atomic E-state index is 12.3. The molecule has 1 heterocycles. The van der Waals surface area contributed by atoms with E-state index in [1.54, 1.807) is 4.90 Å². The predicted molar refractivity (Wildman–Crippen MR) is 70.2 cm³/mol. The molecule has 0 saturated carbocycles. The smallest absolute Gasteiger partial charge is 0.231 e. The van der Waals surface area contributed by atoms with Crippen LogP contribution in [0.4, 0.5) is 5.69 Å². The molecule has 1 aliphatic heterocycles. The molecule has 1 amide bonds.